The van der Waals surface area contributed by atoms with Gasteiger partial charge < -0.3 is 9.32 Å². The maximum atomic E-state index is 6.74. The molecule has 11 rings (SSSR count). The molecule has 1 heterocycles. The Bertz CT molecular complexity index is 3030. The molecule has 0 saturated heterocycles. The minimum Gasteiger partial charge on any atom is -0.455 e. The molecule has 1 unspecified atom stereocenters. The van der Waals surface area contributed by atoms with E-state index < -0.39 is 0 Å². The number of para-hydroxylation sites is 1. The summed E-state index contributed by atoms with van der Waals surface area (Å²) in [6.45, 7) is 4.82. The smallest absolute Gasteiger partial charge is 0.143 e. The molecule has 2 aliphatic rings. The first-order valence-electron chi connectivity index (χ1n) is 19.4. The second kappa shape index (κ2) is 12.2. The first-order chi connectivity index (χ1) is 27.0. The van der Waals surface area contributed by atoms with Crippen LogP contribution in [0.25, 0.3) is 71.3 Å². The molecule has 2 heteroatoms. The fourth-order valence-electron chi connectivity index (χ4n) is 9.43. The molecule has 8 aromatic carbocycles. The third-order valence-electron chi connectivity index (χ3n) is 12.3. The van der Waals surface area contributed by atoms with Gasteiger partial charge in [0.2, 0.25) is 0 Å². The molecule has 1 aromatic heterocycles. The second-order valence-corrected chi connectivity index (χ2v) is 15.7. The molecule has 2 nitrogen and oxygen atoms in total. The van der Waals surface area contributed by atoms with Crippen LogP contribution in [0.15, 0.2) is 186 Å². The molecule has 0 saturated carbocycles. The summed E-state index contributed by atoms with van der Waals surface area (Å²) in [5, 5.41) is 7.09. The van der Waals surface area contributed by atoms with Gasteiger partial charge in [-0.15, -0.1) is 0 Å². The Morgan fingerprint density at radius 3 is 2.09 bits per heavy atom. The van der Waals surface area contributed by atoms with E-state index in [1.807, 2.05) is 0 Å². The molecule has 0 N–H and O–H groups in total. The summed E-state index contributed by atoms with van der Waals surface area (Å²) in [5.41, 5.74) is 14.4. The average Bonchev–Trinajstić information content (AvgIpc) is 3.72. The van der Waals surface area contributed by atoms with Gasteiger partial charge in [-0.25, -0.2) is 0 Å². The Kier molecular flexibility index (Phi) is 7.06. The summed E-state index contributed by atoms with van der Waals surface area (Å²) < 4.78 is 6.74. The standard InChI is InChI=1S/C53H39NO/c1-53(2)49-19-11-10-17-43(49)44-29-27-41(32-50(44)53)54(39-14-4-3-5-15-39)40-25-22-35(23-26-40)37-24-28-45-48-33-47(38-21-20-34-12-6-7-13-36(34)30-38)42-16-8-9-18-46(42)52(48)55-51(45)31-37/h3-18,20-33,49H,19H2,1-2H3. The van der Waals surface area contributed by atoms with Crippen molar-refractivity contribution in [3.63, 3.8) is 0 Å². The lowest BCUT2D eigenvalue weighted by atomic mass is 9.75. The van der Waals surface area contributed by atoms with Crippen LogP contribution in [0.5, 0.6) is 0 Å². The van der Waals surface area contributed by atoms with Crippen molar-refractivity contribution in [1.82, 2.24) is 0 Å². The topological polar surface area (TPSA) is 16.4 Å². The maximum Gasteiger partial charge on any atom is 0.143 e. The van der Waals surface area contributed by atoms with Gasteiger partial charge in [-0.05, 0) is 134 Å². The second-order valence-electron chi connectivity index (χ2n) is 15.7. The highest BCUT2D eigenvalue weighted by atomic mass is 16.3. The molecule has 0 fully saturated rings. The van der Waals surface area contributed by atoms with E-state index >= 15 is 0 Å². The van der Waals surface area contributed by atoms with Crippen LogP contribution in [0, 0.1) is 5.92 Å². The summed E-state index contributed by atoms with van der Waals surface area (Å²) in [6.07, 6.45) is 7.95. The zero-order chi connectivity index (χ0) is 36.7. The summed E-state index contributed by atoms with van der Waals surface area (Å²) in [7, 11) is 0. The Hall–Kier alpha value is -6.64. The molecule has 0 amide bonds. The lowest BCUT2D eigenvalue weighted by molar-refractivity contribution is 0.415. The Morgan fingerprint density at radius 1 is 0.527 bits per heavy atom. The SMILES string of the molecule is CC1(C)c2cc(N(c3ccccc3)c3ccc(-c4ccc5c(c4)oc4c6ccccc6c(-c6ccc7ccccc7c6)cc54)cc3)ccc2C2=CC=CCC21. The van der Waals surface area contributed by atoms with Crippen molar-refractivity contribution in [3.05, 3.63) is 193 Å². The molecule has 262 valence electrons. The van der Waals surface area contributed by atoms with Crippen LogP contribution in [0.4, 0.5) is 17.1 Å². The van der Waals surface area contributed by atoms with E-state index in [9.17, 15) is 0 Å². The summed E-state index contributed by atoms with van der Waals surface area (Å²) in [4.78, 5) is 2.38. The molecule has 0 radical (unpaired) electrons. The minimum absolute atomic E-state index is 0.0632. The first-order valence-corrected chi connectivity index (χ1v) is 19.4. The summed E-state index contributed by atoms with van der Waals surface area (Å²) in [6, 6.07) is 59.7. The van der Waals surface area contributed by atoms with Crippen LogP contribution in [-0.2, 0) is 5.41 Å². The van der Waals surface area contributed by atoms with Crippen molar-refractivity contribution in [2.75, 3.05) is 4.90 Å². The number of rotatable bonds is 5. The number of hydrogen-bond acceptors (Lipinski definition) is 2. The number of hydrogen-bond donors (Lipinski definition) is 0. The van der Waals surface area contributed by atoms with Gasteiger partial charge in [-0.2, -0.15) is 0 Å². The molecular formula is C53H39NO. The number of anilines is 3. The van der Waals surface area contributed by atoms with Gasteiger partial charge in [0, 0.05) is 33.2 Å². The van der Waals surface area contributed by atoms with Crippen LogP contribution in [-0.4, -0.2) is 0 Å². The highest BCUT2D eigenvalue weighted by molar-refractivity contribution is 6.19. The molecule has 9 aromatic rings. The fourth-order valence-corrected chi connectivity index (χ4v) is 9.43. The lowest BCUT2D eigenvalue weighted by Gasteiger charge is -2.30. The van der Waals surface area contributed by atoms with Crippen molar-refractivity contribution in [2.45, 2.75) is 25.7 Å². The molecule has 1 atom stereocenters. The molecular weight excluding hydrogens is 667 g/mol. The van der Waals surface area contributed by atoms with Crippen LogP contribution < -0.4 is 4.90 Å². The van der Waals surface area contributed by atoms with Crippen LogP contribution >= 0.6 is 0 Å². The predicted octanol–water partition coefficient (Wildman–Crippen LogP) is 14.9. The van der Waals surface area contributed by atoms with Crippen molar-refractivity contribution in [1.29, 1.82) is 0 Å². The van der Waals surface area contributed by atoms with Gasteiger partial charge in [0.1, 0.15) is 11.2 Å². The van der Waals surface area contributed by atoms with Gasteiger partial charge in [0.25, 0.3) is 0 Å². The minimum atomic E-state index is 0.0632. The summed E-state index contributed by atoms with van der Waals surface area (Å²) in [5.74, 6) is 0.515. The van der Waals surface area contributed by atoms with Crippen molar-refractivity contribution < 1.29 is 4.42 Å². The normalized spacial score (nSPS) is 15.7. The van der Waals surface area contributed by atoms with Gasteiger partial charge >= 0.3 is 0 Å². The van der Waals surface area contributed by atoms with E-state index in [4.69, 9.17) is 4.42 Å². The van der Waals surface area contributed by atoms with E-state index in [2.05, 4.69) is 201 Å². The monoisotopic (exact) mass is 705 g/mol. The van der Waals surface area contributed by atoms with Gasteiger partial charge in [0.05, 0.1) is 0 Å². The van der Waals surface area contributed by atoms with E-state index in [-0.39, 0.29) is 5.41 Å². The van der Waals surface area contributed by atoms with Crippen molar-refractivity contribution >= 4 is 66.1 Å². The highest BCUT2D eigenvalue weighted by Crippen LogP contribution is 2.54. The van der Waals surface area contributed by atoms with Crippen molar-refractivity contribution in [2.24, 2.45) is 5.92 Å². The number of allylic oxidation sites excluding steroid dienone is 4. The fraction of sp³-hybridized carbons (Fsp3) is 0.0943. The Labute approximate surface area is 321 Å². The number of furan rings is 1. The third kappa shape index (κ3) is 5.02. The molecule has 0 bridgehead atoms. The largest absolute Gasteiger partial charge is 0.455 e. The molecule has 55 heavy (non-hydrogen) atoms. The quantitative estimate of drug-likeness (QED) is 0.177. The van der Waals surface area contributed by atoms with Crippen LogP contribution in [0.2, 0.25) is 0 Å². The van der Waals surface area contributed by atoms with E-state index in [1.165, 1.54) is 49.7 Å². The zero-order valence-electron chi connectivity index (χ0n) is 31.0. The number of fused-ring (bicyclic) bond motifs is 9. The van der Waals surface area contributed by atoms with Gasteiger partial charge in [-0.1, -0.05) is 135 Å². The van der Waals surface area contributed by atoms with Crippen LogP contribution in [0.1, 0.15) is 31.4 Å². The average molecular weight is 706 g/mol. The first kappa shape index (κ1) is 31.8. The van der Waals surface area contributed by atoms with Crippen LogP contribution in [0.3, 0.4) is 0 Å². The predicted molar refractivity (Wildman–Crippen MR) is 233 cm³/mol. The number of nitrogens with zero attached hydrogens (tertiary/aromatic N) is 1. The zero-order valence-corrected chi connectivity index (χ0v) is 31.0. The third-order valence-corrected chi connectivity index (χ3v) is 12.3. The Morgan fingerprint density at radius 2 is 1.24 bits per heavy atom. The molecule has 0 spiro atoms. The lowest BCUT2D eigenvalue weighted by Crippen LogP contribution is -2.24. The maximum absolute atomic E-state index is 6.74. The van der Waals surface area contributed by atoms with Gasteiger partial charge in [-0.3, -0.25) is 0 Å². The molecule has 0 aliphatic heterocycles. The van der Waals surface area contributed by atoms with Gasteiger partial charge in [0.15, 0.2) is 0 Å². The van der Waals surface area contributed by atoms with E-state index in [1.54, 1.807) is 0 Å². The van der Waals surface area contributed by atoms with E-state index in [0.29, 0.717) is 5.92 Å². The molecule has 2 aliphatic carbocycles. The Balaban J connectivity index is 0.983. The van der Waals surface area contributed by atoms with E-state index in [0.717, 1.165) is 56.2 Å². The van der Waals surface area contributed by atoms with Crippen molar-refractivity contribution in [3.8, 4) is 22.3 Å². The highest BCUT2D eigenvalue weighted by Gasteiger charge is 2.42. The summed E-state index contributed by atoms with van der Waals surface area (Å²) >= 11 is 0. The number of benzene rings is 8.